The highest BCUT2D eigenvalue weighted by molar-refractivity contribution is 6.04. The Morgan fingerprint density at radius 2 is 1.84 bits per heavy atom. The molecule has 0 saturated carbocycles. The summed E-state index contributed by atoms with van der Waals surface area (Å²) in [5, 5.41) is 20.0. The smallest absolute Gasteiger partial charge is 0.355 e. The molecule has 2 rings (SSSR count). The zero-order valence-electron chi connectivity index (χ0n) is 12.4. The molecule has 0 saturated heterocycles. The number of non-ortho nitro benzene ring substituents is 1. The summed E-state index contributed by atoms with van der Waals surface area (Å²) in [5.41, 5.74) is 6.55. The summed E-state index contributed by atoms with van der Waals surface area (Å²) in [7, 11) is 0. The molecular weight excluding hydrogens is 341 g/mol. The van der Waals surface area contributed by atoms with Crippen molar-refractivity contribution in [3.8, 4) is 0 Å². The minimum Gasteiger partial charge on any atom is -0.355 e. The standard InChI is InChI=1S/C14H11F3N6O2/c15-14(16,17)8-1-3-9(4-2-8)20-12-6-5-10(23(24)25)7-11(12)13(21-18)22-19/h1-7,18,20H,19H2/b21-18?,22-13-. The molecule has 130 valence electrons. The summed E-state index contributed by atoms with van der Waals surface area (Å²) in [6.45, 7) is 0. The molecule has 0 aliphatic carbocycles. The third kappa shape index (κ3) is 4.07. The van der Waals surface area contributed by atoms with Gasteiger partial charge in [-0.3, -0.25) is 10.1 Å². The number of halogens is 3. The topological polar surface area (TPSA) is 130 Å². The second-order valence-corrected chi connectivity index (χ2v) is 4.75. The number of nitrogens with two attached hydrogens (primary N) is 1. The minimum absolute atomic E-state index is 0.0617. The van der Waals surface area contributed by atoms with Gasteiger partial charge in [0.05, 0.1) is 21.7 Å². The van der Waals surface area contributed by atoms with Crippen LogP contribution < -0.4 is 11.2 Å². The molecule has 0 spiro atoms. The highest BCUT2D eigenvalue weighted by atomic mass is 19.4. The van der Waals surface area contributed by atoms with Crippen LogP contribution in [-0.2, 0) is 6.18 Å². The van der Waals surface area contributed by atoms with Crippen molar-refractivity contribution in [3.63, 3.8) is 0 Å². The Kier molecular flexibility index (Phi) is 4.96. The fourth-order valence-corrected chi connectivity index (χ4v) is 2.00. The Hall–Kier alpha value is -3.50. The average Bonchev–Trinajstić information content (AvgIpc) is 2.56. The molecule has 4 N–H and O–H groups in total. The first-order valence-corrected chi connectivity index (χ1v) is 6.64. The zero-order valence-corrected chi connectivity index (χ0v) is 12.4. The van der Waals surface area contributed by atoms with Gasteiger partial charge in [0, 0.05) is 17.8 Å². The number of alkyl halides is 3. The Labute approximate surface area is 138 Å². The molecule has 2 aromatic carbocycles. The summed E-state index contributed by atoms with van der Waals surface area (Å²) in [5.74, 6) is 4.84. The summed E-state index contributed by atoms with van der Waals surface area (Å²) in [4.78, 5) is 10.2. The molecular formula is C14H11F3N6O2. The third-order valence-electron chi connectivity index (χ3n) is 3.17. The van der Waals surface area contributed by atoms with Crippen LogP contribution in [0.25, 0.3) is 0 Å². The lowest BCUT2D eigenvalue weighted by atomic mass is 10.1. The molecule has 0 fully saturated rings. The van der Waals surface area contributed by atoms with E-state index >= 15 is 0 Å². The van der Waals surface area contributed by atoms with Crippen molar-refractivity contribution in [2.45, 2.75) is 6.18 Å². The van der Waals surface area contributed by atoms with Crippen molar-refractivity contribution in [2.24, 2.45) is 16.1 Å². The van der Waals surface area contributed by atoms with Gasteiger partial charge in [0.1, 0.15) is 0 Å². The molecule has 0 aromatic heterocycles. The molecule has 0 unspecified atom stereocenters. The predicted octanol–water partition coefficient (Wildman–Crippen LogP) is 4.01. The summed E-state index contributed by atoms with van der Waals surface area (Å²) >= 11 is 0. The van der Waals surface area contributed by atoms with Crippen molar-refractivity contribution >= 4 is 22.9 Å². The molecule has 8 nitrogen and oxygen atoms in total. The lowest BCUT2D eigenvalue weighted by Gasteiger charge is -2.12. The van der Waals surface area contributed by atoms with E-state index in [4.69, 9.17) is 11.4 Å². The van der Waals surface area contributed by atoms with Crippen molar-refractivity contribution in [2.75, 3.05) is 5.32 Å². The molecule has 0 amide bonds. The second kappa shape index (κ2) is 6.95. The maximum absolute atomic E-state index is 12.6. The van der Waals surface area contributed by atoms with Crippen LogP contribution in [0.3, 0.4) is 0 Å². The molecule has 0 bridgehead atoms. The van der Waals surface area contributed by atoms with Crippen LogP contribution in [0.4, 0.5) is 30.2 Å². The van der Waals surface area contributed by atoms with E-state index in [-0.39, 0.29) is 22.8 Å². The number of rotatable bonds is 4. The summed E-state index contributed by atoms with van der Waals surface area (Å²) < 4.78 is 37.7. The van der Waals surface area contributed by atoms with Gasteiger partial charge in [0.15, 0.2) is 0 Å². The molecule has 11 heteroatoms. The van der Waals surface area contributed by atoms with Gasteiger partial charge in [0.25, 0.3) is 5.69 Å². The molecule has 0 heterocycles. The van der Waals surface area contributed by atoms with Gasteiger partial charge in [-0.15, -0.1) is 5.11 Å². The molecule has 0 aliphatic heterocycles. The molecule has 2 aromatic rings. The average molecular weight is 352 g/mol. The van der Waals surface area contributed by atoms with Gasteiger partial charge in [-0.2, -0.15) is 18.3 Å². The van der Waals surface area contributed by atoms with Crippen molar-refractivity contribution < 1.29 is 18.1 Å². The van der Waals surface area contributed by atoms with Crippen LogP contribution in [0.5, 0.6) is 0 Å². The zero-order chi connectivity index (χ0) is 18.6. The number of nitrogens with one attached hydrogen (secondary N) is 2. The van der Waals surface area contributed by atoms with Crippen LogP contribution in [0.2, 0.25) is 0 Å². The highest BCUT2D eigenvalue weighted by Gasteiger charge is 2.30. The Bertz CT molecular complexity index is 833. The molecule has 0 aliphatic rings. The van der Waals surface area contributed by atoms with Crippen LogP contribution >= 0.6 is 0 Å². The van der Waals surface area contributed by atoms with Gasteiger partial charge in [-0.25, -0.2) is 5.53 Å². The van der Waals surface area contributed by atoms with E-state index in [2.05, 4.69) is 15.5 Å². The normalized spacial score (nSPS) is 11.9. The third-order valence-corrected chi connectivity index (χ3v) is 3.17. The highest BCUT2D eigenvalue weighted by Crippen LogP contribution is 2.31. The van der Waals surface area contributed by atoms with E-state index in [1.807, 2.05) is 0 Å². The molecule has 0 atom stereocenters. The summed E-state index contributed by atoms with van der Waals surface area (Å²) in [6, 6.07) is 7.79. The maximum Gasteiger partial charge on any atom is 0.416 e. The molecule has 0 radical (unpaired) electrons. The Balaban J connectivity index is 2.41. The molecule has 25 heavy (non-hydrogen) atoms. The van der Waals surface area contributed by atoms with Gasteiger partial charge >= 0.3 is 6.18 Å². The SMILES string of the molecule is N=N/C(=N\N)c1cc([N+](=O)[O-])ccc1Nc1ccc(C(F)(F)F)cc1. The van der Waals surface area contributed by atoms with Crippen LogP contribution in [-0.4, -0.2) is 10.8 Å². The van der Waals surface area contributed by atoms with Crippen LogP contribution in [0.1, 0.15) is 11.1 Å². The second-order valence-electron chi connectivity index (χ2n) is 4.75. The van der Waals surface area contributed by atoms with E-state index < -0.39 is 16.7 Å². The predicted molar refractivity (Wildman–Crippen MR) is 83.7 cm³/mol. The lowest BCUT2D eigenvalue weighted by Crippen LogP contribution is -2.07. The van der Waals surface area contributed by atoms with E-state index in [0.717, 1.165) is 18.2 Å². The Morgan fingerprint density at radius 1 is 1.20 bits per heavy atom. The van der Waals surface area contributed by atoms with Crippen LogP contribution in [0.15, 0.2) is 52.7 Å². The number of benzene rings is 2. The Morgan fingerprint density at radius 3 is 2.32 bits per heavy atom. The van der Waals surface area contributed by atoms with E-state index in [1.165, 1.54) is 24.3 Å². The first kappa shape index (κ1) is 17.8. The minimum atomic E-state index is -4.46. The van der Waals surface area contributed by atoms with Gasteiger partial charge in [0.2, 0.25) is 5.84 Å². The first-order valence-electron chi connectivity index (χ1n) is 6.64. The van der Waals surface area contributed by atoms with E-state index in [0.29, 0.717) is 5.69 Å². The fourth-order valence-electron chi connectivity index (χ4n) is 2.00. The van der Waals surface area contributed by atoms with Crippen molar-refractivity contribution in [1.82, 2.24) is 0 Å². The van der Waals surface area contributed by atoms with Gasteiger partial charge in [-0.1, -0.05) is 0 Å². The fraction of sp³-hybridized carbons (Fsp3) is 0.0714. The number of nitrogens with zero attached hydrogens (tertiary/aromatic N) is 3. The van der Waals surface area contributed by atoms with Crippen LogP contribution in [0, 0.1) is 15.6 Å². The number of hydrogen-bond acceptors (Lipinski definition) is 6. The van der Waals surface area contributed by atoms with E-state index in [1.54, 1.807) is 0 Å². The number of nitro groups is 1. The number of anilines is 2. The number of amidine groups is 1. The maximum atomic E-state index is 12.6. The number of hydrogen-bond donors (Lipinski definition) is 3. The van der Waals surface area contributed by atoms with Gasteiger partial charge < -0.3 is 11.2 Å². The quantitative estimate of drug-likeness (QED) is 0.192. The number of hydrazone groups is 1. The van der Waals surface area contributed by atoms with Crippen molar-refractivity contribution in [1.29, 1.82) is 5.53 Å². The van der Waals surface area contributed by atoms with E-state index in [9.17, 15) is 23.3 Å². The summed E-state index contributed by atoms with van der Waals surface area (Å²) in [6.07, 6.45) is -4.46. The van der Waals surface area contributed by atoms with Gasteiger partial charge in [-0.05, 0) is 30.3 Å². The first-order chi connectivity index (χ1) is 11.8. The largest absolute Gasteiger partial charge is 0.416 e. The number of nitro benzene ring substituents is 1. The lowest BCUT2D eigenvalue weighted by molar-refractivity contribution is -0.384. The van der Waals surface area contributed by atoms with Crippen molar-refractivity contribution in [3.05, 3.63) is 63.7 Å². The monoisotopic (exact) mass is 352 g/mol.